The van der Waals surface area contributed by atoms with Crippen LogP contribution in [-0.2, 0) is 10.0 Å². The van der Waals surface area contributed by atoms with Crippen molar-refractivity contribution in [2.24, 2.45) is 0 Å². The number of anilines is 1. The largest absolute Gasteiger partial charge is 0.336 e. The smallest absolute Gasteiger partial charge is 0.261 e. The third-order valence-electron chi connectivity index (χ3n) is 4.37. The molecule has 0 radical (unpaired) electrons. The monoisotopic (exact) mass is 395 g/mol. The highest BCUT2D eigenvalue weighted by Gasteiger charge is 2.21. The summed E-state index contributed by atoms with van der Waals surface area (Å²) in [5, 5.41) is 0. The molecule has 144 valence electrons. The van der Waals surface area contributed by atoms with Gasteiger partial charge in [0.25, 0.3) is 15.9 Å². The highest BCUT2D eigenvalue weighted by Crippen LogP contribution is 2.19. The minimum atomic E-state index is -3.99. The van der Waals surface area contributed by atoms with E-state index in [-0.39, 0.29) is 16.5 Å². The van der Waals surface area contributed by atoms with E-state index < -0.39 is 21.7 Å². The molecule has 0 aliphatic carbocycles. The van der Waals surface area contributed by atoms with Crippen molar-refractivity contribution in [3.05, 3.63) is 59.7 Å². The Morgan fingerprint density at radius 3 is 2.19 bits per heavy atom. The number of nitrogens with one attached hydrogen (secondary N) is 1. The quantitative estimate of drug-likeness (QED) is 0.861. The van der Waals surface area contributed by atoms with Crippen molar-refractivity contribution in [3.8, 4) is 0 Å². The number of amides is 1. The molecular weight excluding hydrogens is 376 g/mol. The molecule has 1 heterocycles. The fraction of sp³-hybridized carbons (Fsp3) is 0.278. The van der Waals surface area contributed by atoms with Crippen molar-refractivity contribution < 1.29 is 22.0 Å². The predicted octanol–water partition coefficient (Wildman–Crippen LogP) is 2.15. The molecule has 9 heteroatoms. The number of benzene rings is 2. The van der Waals surface area contributed by atoms with Crippen LogP contribution in [0.1, 0.15) is 10.4 Å². The first kappa shape index (κ1) is 19.2. The van der Waals surface area contributed by atoms with E-state index >= 15 is 0 Å². The molecule has 0 spiro atoms. The molecule has 27 heavy (non-hydrogen) atoms. The molecule has 0 bridgehead atoms. The Morgan fingerprint density at radius 2 is 1.59 bits per heavy atom. The molecule has 0 saturated carbocycles. The van der Waals surface area contributed by atoms with Gasteiger partial charge in [-0.1, -0.05) is 0 Å². The molecule has 0 atom stereocenters. The van der Waals surface area contributed by atoms with E-state index in [0.717, 1.165) is 31.3 Å². The van der Waals surface area contributed by atoms with Gasteiger partial charge in [0.1, 0.15) is 0 Å². The number of sulfonamides is 1. The predicted molar refractivity (Wildman–Crippen MR) is 97.0 cm³/mol. The lowest BCUT2D eigenvalue weighted by Crippen LogP contribution is -2.47. The maximum absolute atomic E-state index is 13.2. The second kappa shape index (κ2) is 7.61. The number of carbonyl (C=O) groups is 1. The van der Waals surface area contributed by atoms with Gasteiger partial charge in [-0.2, -0.15) is 0 Å². The van der Waals surface area contributed by atoms with Gasteiger partial charge in [0.2, 0.25) is 0 Å². The molecule has 1 aliphatic rings. The molecule has 3 rings (SSSR count). The first-order valence-electron chi connectivity index (χ1n) is 8.32. The highest BCUT2D eigenvalue weighted by molar-refractivity contribution is 7.92. The van der Waals surface area contributed by atoms with Crippen LogP contribution >= 0.6 is 0 Å². The normalized spacial score (nSPS) is 15.6. The van der Waals surface area contributed by atoms with Gasteiger partial charge in [-0.05, 0) is 43.4 Å². The standard InChI is InChI=1S/C18H19F2N3O3S/c1-22-8-10-23(11-9-22)18(24)13-2-5-15(6-3-13)27(25,26)21-14-4-7-16(19)17(20)12-14/h2-7,12,21H,8-11H2,1H3. The van der Waals surface area contributed by atoms with Crippen molar-refractivity contribution in [1.82, 2.24) is 9.80 Å². The van der Waals surface area contributed by atoms with Crippen molar-refractivity contribution in [2.45, 2.75) is 4.90 Å². The van der Waals surface area contributed by atoms with E-state index in [1.54, 1.807) is 4.90 Å². The van der Waals surface area contributed by atoms with E-state index in [9.17, 15) is 22.0 Å². The lowest BCUT2D eigenvalue weighted by Gasteiger charge is -2.32. The van der Waals surface area contributed by atoms with Crippen LogP contribution in [0.2, 0.25) is 0 Å². The van der Waals surface area contributed by atoms with Gasteiger partial charge in [0.15, 0.2) is 11.6 Å². The fourth-order valence-corrected chi connectivity index (χ4v) is 3.79. The Morgan fingerprint density at radius 1 is 0.963 bits per heavy atom. The molecule has 0 unspecified atom stereocenters. The van der Waals surface area contributed by atoms with Crippen molar-refractivity contribution >= 4 is 21.6 Å². The zero-order chi connectivity index (χ0) is 19.6. The van der Waals surface area contributed by atoms with Crippen molar-refractivity contribution in [1.29, 1.82) is 0 Å². The van der Waals surface area contributed by atoms with Gasteiger partial charge < -0.3 is 9.80 Å². The number of piperazine rings is 1. The van der Waals surface area contributed by atoms with Gasteiger partial charge >= 0.3 is 0 Å². The Balaban J connectivity index is 1.73. The van der Waals surface area contributed by atoms with Crippen LogP contribution in [0.5, 0.6) is 0 Å². The van der Waals surface area contributed by atoms with E-state index in [1.807, 2.05) is 7.05 Å². The molecule has 2 aromatic rings. The van der Waals surface area contributed by atoms with Gasteiger partial charge in [-0.25, -0.2) is 17.2 Å². The van der Waals surface area contributed by atoms with Crippen LogP contribution in [0.4, 0.5) is 14.5 Å². The van der Waals surface area contributed by atoms with Crippen LogP contribution in [0.3, 0.4) is 0 Å². The molecule has 1 N–H and O–H groups in total. The Bertz CT molecular complexity index is 941. The summed E-state index contributed by atoms with van der Waals surface area (Å²) in [5.74, 6) is -2.37. The number of carbonyl (C=O) groups excluding carboxylic acids is 1. The third-order valence-corrected chi connectivity index (χ3v) is 5.77. The minimum absolute atomic E-state index is 0.0813. The summed E-state index contributed by atoms with van der Waals surface area (Å²) in [4.78, 5) is 16.3. The molecule has 1 aliphatic heterocycles. The van der Waals surface area contributed by atoms with E-state index in [1.165, 1.54) is 24.3 Å². The second-order valence-electron chi connectivity index (χ2n) is 6.35. The summed E-state index contributed by atoms with van der Waals surface area (Å²) < 4.78 is 53.2. The van der Waals surface area contributed by atoms with Gasteiger partial charge in [-0.3, -0.25) is 9.52 Å². The van der Waals surface area contributed by atoms with E-state index in [2.05, 4.69) is 9.62 Å². The molecule has 1 saturated heterocycles. The van der Waals surface area contributed by atoms with Crippen LogP contribution in [-0.4, -0.2) is 57.4 Å². The lowest BCUT2D eigenvalue weighted by atomic mass is 10.2. The van der Waals surface area contributed by atoms with Gasteiger partial charge in [-0.15, -0.1) is 0 Å². The summed E-state index contributed by atoms with van der Waals surface area (Å²) >= 11 is 0. The zero-order valence-corrected chi connectivity index (χ0v) is 15.5. The molecule has 2 aromatic carbocycles. The number of likely N-dealkylation sites (N-methyl/N-ethyl adjacent to an activating group) is 1. The van der Waals surface area contributed by atoms with Crippen LogP contribution < -0.4 is 4.72 Å². The SMILES string of the molecule is CN1CCN(C(=O)c2ccc(S(=O)(=O)Nc3ccc(F)c(F)c3)cc2)CC1. The number of rotatable bonds is 4. The molecule has 1 fully saturated rings. The number of hydrogen-bond donors (Lipinski definition) is 1. The van der Waals surface area contributed by atoms with Crippen molar-refractivity contribution in [2.75, 3.05) is 37.9 Å². The highest BCUT2D eigenvalue weighted by atomic mass is 32.2. The summed E-state index contributed by atoms with van der Waals surface area (Å²) in [6.07, 6.45) is 0. The summed E-state index contributed by atoms with van der Waals surface area (Å²) in [7, 11) is -2.00. The number of nitrogens with zero attached hydrogens (tertiary/aromatic N) is 2. The lowest BCUT2D eigenvalue weighted by molar-refractivity contribution is 0.0664. The van der Waals surface area contributed by atoms with E-state index in [0.29, 0.717) is 18.7 Å². The summed E-state index contributed by atoms with van der Waals surface area (Å²) in [6, 6.07) is 8.24. The topological polar surface area (TPSA) is 69.7 Å². The third kappa shape index (κ3) is 4.42. The second-order valence-corrected chi connectivity index (χ2v) is 8.04. The van der Waals surface area contributed by atoms with Gasteiger partial charge in [0, 0.05) is 37.8 Å². The molecular formula is C18H19F2N3O3S. The Labute approximate surface area is 156 Å². The van der Waals surface area contributed by atoms with Crippen LogP contribution in [0, 0.1) is 11.6 Å². The van der Waals surface area contributed by atoms with Crippen LogP contribution in [0.25, 0.3) is 0 Å². The number of halogens is 2. The Kier molecular flexibility index (Phi) is 5.43. The average molecular weight is 395 g/mol. The first-order valence-corrected chi connectivity index (χ1v) is 9.80. The Hall–Kier alpha value is -2.52. The molecule has 6 nitrogen and oxygen atoms in total. The van der Waals surface area contributed by atoms with E-state index in [4.69, 9.17) is 0 Å². The maximum atomic E-state index is 13.2. The molecule has 0 aromatic heterocycles. The summed E-state index contributed by atoms with van der Waals surface area (Å²) in [6.45, 7) is 2.81. The number of hydrogen-bond acceptors (Lipinski definition) is 4. The van der Waals surface area contributed by atoms with Crippen LogP contribution in [0.15, 0.2) is 47.4 Å². The molecule has 1 amide bonds. The van der Waals surface area contributed by atoms with Gasteiger partial charge in [0.05, 0.1) is 10.6 Å². The first-order chi connectivity index (χ1) is 12.8. The average Bonchev–Trinajstić information content (AvgIpc) is 2.65. The maximum Gasteiger partial charge on any atom is 0.261 e. The zero-order valence-electron chi connectivity index (χ0n) is 14.7. The fourth-order valence-electron chi connectivity index (χ4n) is 2.74. The summed E-state index contributed by atoms with van der Waals surface area (Å²) in [5.41, 5.74) is 0.304. The van der Waals surface area contributed by atoms with Crippen molar-refractivity contribution in [3.63, 3.8) is 0 Å². The minimum Gasteiger partial charge on any atom is -0.336 e.